The number of rotatable bonds is 8. The summed E-state index contributed by atoms with van der Waals surface area (Å²) >= 11 is 0. The quantitative estimate of drug-likeness (QED) is 0.487. The van der Waals surface area contributed by atoms with Crippen LogP contribution in [0.25, 0.3) is 0 Å². The average Bonchev–Trinajstić information content (AvgIpc) is 2.65. The van der Waals surface area contributed by atoms with Crippen molar-refractivity contribution in [2.75, 3.05) is 7.05 Å². The summed E-state index contributed by atoms with van der Waals surface area (Å²) in [6.45, 7) is 13.4. The third-order valence-electron chi connectivity index (χ3n) is 5.33. The smallest absolute Gasteiger partial charge is 0.0103 e. The third kappa shape index (κ3) is 2.93. The molecule has 0 aliphatic heterocycles. The Kier molecular flexibility index (Phi) is 4.83. The molecule has 0 amide bonds. The van der Waals surface area contributed by atoms with Crippen LogP contribution in [0.15, 0.2) is 12.7 Å². The van der Waals surface area contributed by atoms with Crippen molar-refractivity contribution in [3.05, 3.63) is 12.7 Å². The fourth-order valence-electron chi connectivity index (χ4n) is 3.56. The SMILES string of the molecule is C=CCCCCCC(NC)C1C(C)(C)C1(C)C. The van der Waals surface area contributed by atoms with Gasteiger partial charge in [0.2, 0.25) is 0 Å². The zero-order chi connectivity index (χ0) is 13.1. The van der Waals surface area contributed by atoms with E-state index < -0.39 is 0 Å². The van der Waals surface area contributed by atoms with E-state index in [0.29, 0.717) is 16.9 Å². The second-order valence-corrected chi connectivity index (χ2v) is 6.74. The maximum atomic E-state index is 3.77. The lowest BCUT2D eigenvalue weighted by molar-refractivity contribution is 0.386. The Bertz CT molecular complexity index is 238. The lowest BCUT2D eigenvalue weighted by Gasteiger charge is -2.18. The van der Waals surface area contributed by atoms with Gasteiger partial charge >= 0.3 is 0 Å². The van der Waals surface area contributed by atoms with Crippen molar-refractivity contribution >= 4 is 0 Å². The van der Waals surface area contributed by atoms with Crippen molar-refractivity contribution < 1.29 is 0 Å². The first-order valence-electron chi connectivity index (χ1n) is 7.17. The van der Waals surface area contributed by atoms with Gasteiger partial charge in [0, 0.05) is 6.04 Å². The average molecular weight is 237 g/mol. The first-order chi connectivity index (χ1) is 7.89. The fourth-order valence-corrected chi connectivity index (χ4v) is 3.56. The molecule has 1 saturated carbocycles. The highest BCUT2D eigenvalue weighted by Crippen LogP contribution is 2.69. The zero-order valence-corrected chi connectivity index (χ0v) is 12.5. The van der Waals surface area contributed by atoms with Crippen LogP contribution in [-0.4, -0.2) is 13.1 Å². The van der Waals surface area contributed by atoms with E-state index in [1.807, 2.05) is 6.08 Å². The number of unbranched alkanes of at least 4 members (excludes halogenated alkanes) is 3. The minimum atomic E-state index is 0.502. The van der Waals surface area contributed by atoms with Crippen LogP contribution in [0, 0.1) is 16.7 Å². The Morgan fingerprint density at radius 3 is 2.12 bits per heavy atom. The van der Waals surface area contributed by atoms with E-state index in [-0.39, 0.29) is 0 Å². The molecule has 0 bridgehead atoms. The summed E-state index contributed by atoms with van der Waals surface area (Å²) in [5.74, 6) is 0.833. The summed E-state index contributed by atoms with van der Waals surface area (Å²) < 4.78 is 0. The second kappa shape index (κ2) is 5.56. The number of nitrogens with one attached hydrogen (secondary N) is 1. The van der Waals surface area contributed by atoms with Crippen molar-refractivity contribution in [2.45, 2.75) is 65.8 Å². The predicted molar refractivity (Wildman–Crippen MR) is 77.2 cm³/mol. The van der Waals surface area contributed by atoms with Gasteiger partial charge < -0.3 is 5.32 Å². The minimum absolute atomic E-state index is 0.502. The van der Waals surface area contributed by atoms with Crippen molar-refractivity contribution in [2.24, 2.45) is 16.7 Å². The lowest BCUT2D eigenvalue weighted by atomic mass is 9.98. The standard InChI is InChI=1S/C16H31N/c1-7-8-9-10-11-12-13(17-6)14-15(2,3)16(14,4)5/h7,13-14,17H,1,8-12H2,2-6H3. The summed E-state index contributed by atoms with van der Waals surface area (Å²) in [4.78, 5) is 0. The van der Waals surface area contributed by atoms with Gasteiger partial charge in [0.25, 0.3) is 0 Å². The van der Waals surface area contributed by atoms with Gasteiger partial charge in [0.1, 0.15) is 0 Å². The van der Waals surface area contributed by atoms with Gasteiger partial charge in [-0.25, -0.2) is 0 Å². The Morgan fingerprint density at radius 2 is 1.71 bits per heavy atom. The molecule has 0 aromatic heterocycles. The zero-order valence-electron chi connectivity index (χ0n) is 12.5. The first-order valence-corrected chi connectivity index (χ1v) is 7.17. The van der Waals surface area contributed by atoms with Crippen LogP contribution in [0.2, 0.25) is 0 Å². The van der Waals surface area contributed by atoms with Crippen molar-refractivity contribution in [3.8, 4) is 0 Å². The molecule has 0 aromatic carbocycles. The highest BCUT2D eigenvalue weighted by atomic mass is 14.9. The van der Waals surface area contributed by atoms with Crippen LogP contribution in [0.4, 0.5) is 0 Å². The van der Waals surface area contributed by atoms with Gasteiger partial charge in [-0.05, 0) is 43.1 Å². The van der Waals surface area contributed by atoms with E-state index in [4.69, 9.17) is 0 Å². The van der Waals surface area contributed by atoms with Crippen LogP contribution in [0.5, 0.6) is 0 Å². The van der Waals surface area contributed by atoms with Gasteiger partial charge in [-0.1, -0.05) is 46.6 Å². The van der Waals surface area contributed by atoms with Crippen molar-refractivity contribution in [1.29, 1.82) is 0 Å². The highest BCUT2D eigenvalue weighted by molar-refractivity contribution is 5.16. The Morgan fingerprint density at radius 1 is 1.12 bits per heavy atom. The van der Waals surface area contributed by atoms with E-state index in [1.54, 1.807) is 0 Å². The largest absolute Gasteiger partial charge is 0.317 e. The molecular formula is C16H31N. The molecule has 1 rings (SSSR count). The summed E-state index contributed by atoms with van der Waals surface area (Å²) in [7, 11) is 2.12. The summed E-state index contributed by atoms with van der Waals surface area (Å²) in [6, 6.07) is 0.698. The summed E-state index contributed by atoms with van der Waals surface area (Å²) in [5, 5.41) is 3.55. The highest BCUT2D eigenvalue weighted by Gasteiger charge is 2.66. The summed E-state index contributed by atoms with van der Waals surface area (Å²) in [6.07, 6.45) is 8.52. The van der Waals surface area contributed by atoms with Crippen LogP contribution < -0.4 is 5.32 Å². The van der Waals surface area contributed by atoms with Crippen LogP contribution in [0.1, 0.15) is 59.8 Å². The molecule has 0 spiro atoms. The molecule has 17 heavy (non-hydrogen) atoms. The molecule has 1 nitrogen and oxygen atoms in total. The topological polar surface area (TPSA) is 12.0 Å². The first kappa shape index (κ1) is 14.8. The molecule has 100 valence electrons. The number of hydrogen-bond acceptors (Lipinski definition) is 1. The molecule has 1 heteroatoms. The summed E-state index contributed by atoms with van der Waals surface area (Å²) in [5.41, 5.74) is 1.00. The van der Waals surface area contributed by atoms with E-state index in [0.717, 1.165) is 5.92 Å². The van der Waals surface area contributed by atoms with Gasteiger partial charge in [0.05, 0.1) is 0 Å². The third-order valence-corrected chi connectivity index (χ3v) is 5.33. The fraction of sp³-hybridized carbons (Fsp3) is 0.875. The molecule has 1 aliphatic rings. The van der Waals surface area contributed by atoms with Crippen LogP contribution >= 0.6 is 0 Å². The molecule has 1 aliphatic carbocycles. The maximum absolute atomic E-state index is 3.77. The van der Waals surface area contributed by atoms with Crippen molar-refractivity contribution in [1.82, 2.24) is 5.32 Å². The molecule has 0 radical (unpaired) electrons. The van der Waals surface area contributed by atoms with E-state index >= 15 is 0 Å². The second-order valence-electron chi connectivity index (χ2n) is 6.74. The van der Waals surface area contributed by atoms with Crippen molar-refractivity contribution in [3.63, 3.8) is 0 Å². The Labute approximate surface area is 108 Å². The molecular weight excluding hydrogens is 206 g/mol. The lowest BCUT2D eigenvalue weighted by Crippen LogP contribution is -2.30. The molecule has 1 fully saturated rings. The number of hydrogen-bond donors (Lipinski definition) is 1. The normalized spacial score (nSPS) is 23.4. The van der Waals surface area contributed by atoms with E-state index in [1.165, 1.54) is 32.1 Å². The Balaban J connectivity index is 2.33. The van der Waals surface area contributed by atoms with Gasteiger partial charge in [-0.2, -0.15) is 0 Å². The molecule has 0 aromatic rings. The van der Waals surface area contributed by atoms with Gasteiger partial charge in [0.15, 0.2) is 0 Å². The predicted octanol–water partition coefficient (Wildman–Crippen LogP) is 4.39. The van der Waals surface area contributed by atoms with Gasteiger partial charge in [-0.15, -0.1) is 6.58 Å². The van der Waals surface area contributed by atoms with E-state index in [2.05, 4.69) is 46.6 Å². The minimum Gasteiger partial charge on any atom is -0.317 e. The van der Waals surface area contributed by atoms with Crippen LogP contribution in [0.3, 0.4) is 0 Å². The Hall–Kier alpha value is -0.300. The molecule has 1 atom stereocenters. The molecule has 0 saturated heterocycles. The molecule has 1 N–H and O–H groups in total. The molecule has 0 heterocycles. The maximum Gasteiger partial charge on any atom is 0.0103 e. The molecule has 1 unspecified atom stereocenters. The van der Waals surface area contributed by atoms with Gasteiger partial charge in [-0.3, -0.25) is 0 Å². The number of allylic oxidation sites excluding steroid dienone is 1. The van der Waals surface area contributed by atoms with Crippen LogP contribution in [-0.2, 0) is 0 Å². The van der Waals surface area contributed by atoms with E-state index in [9.17, 15) is 0 Å². The monoisotopic (exact) mass is 237 g/mol.